The van der Waals surface area contributed by atoms with Crippen LogP contribution in [0.15, 0.2) is 0 Å². The predicted molar refractivity (Wildman–Crippen MR) is 56.7 cm³/mol. The molecule has 0 amide bonds. The molecule has 1 aromatic rings. The van der Waals surface area contributed by atoms with Crippen molar-refractivity contribution < 1.29 is 29.0 Å². The maximum atomic E-state index is 13.3. The van der Waals surface area contributed by atoms with Gasteiger partial charge < -0.3 is 14.8 Å². The molecule has 0 fully saturated rings. The number of halogens is 1. The van der Waals surface area contributed by atoms with Crippen LogP contribution in [-0.2, 0) is 17.8 Å². The van der Waals surface area contributed by atoms with E-state index in [4.69, 9.17) is 10.2 Å². The average molecular weight is 255 g/mol. The van der Waals surface area contributed by atoms with Gasteiger partial charge in [-0.3, -0.25) is 4.79 Å². The molecule has 1 atom stereocenters. The Morgan fingerprint density at radius 3 is 2.44 bits per heavy atom. The number of Topliss-reactive ketones (excluding diaryl/α,β-unsaturated/α-hetero) is 1. The summed E-state index contributed by atoms with van der Waals surface area (Å²) in [4.78, 5) is 33.3. The van der Waals surface area contributed by atoms with E-state index in [1.165, 1.54) is 11.5 Å². The van der Waals surface area contributed by atoms with Crippen LogP contribution in [0.25, 0.3) is 0 Å². The molecule has 96 valence electrons. The topological polar surface area (TPSA) is 96.6 Å². The molecule has 0 aliphatic carbocycles. The summed E-state index contributed by atoms with van der Waals surface area (Å²) in [5.41, 5.74) is -0.170. The lowest BCUT2D eigenvalue weighted by Crippen LogP contribution is -2.16. The number of ketones is 1. The molecule has 0 saturated heterocycles. The van der Waals surface area contributed by atoms with E-state index >= 15 is 0 Å². The molecular formula is C11H10FNO5. The Labute approximate surface area is 101 Å². The third-order valence-electron chi connectivity index (χ3n) is 3.03. The van der Waals surface area contributed by atoms with Gasteiger partial charge in [0.25, 0.3) is 5.78 Å². The number of hydrogen-bond donors (Lipinski definition) is 2. The first-order chi connectivity index (χ1) is 8.34. The third-order valence-corrected chi connectivity index (χ3v) is 3.03. The van der Waals surface area contributed by atoms with Gasteiger partial charge >= 0.3 is 11.9 Å². The van der Waals surface area contributed by atoms with Gasteiger partial charge in [-0.2, -0.15) is 0 Å². The van der Waals surface area contributed by atoms with Crippen LogP contribution in [0, 0.1) is 6.92 Å². The SMILES string of the molecule is Cc1c(C(=O)C(=O)O)c2n(c1C(=O)O)CC(F)C2. The summed E-state index contributed by atoms with van der Waals surface area (Å²) < 4.78 is 14.5. The molecule has 1 unspecified atom stereocenters. The molecule has 0 radical (unpaired) electrons. The summed E-state index contributed by atoms with van der Waals surface area (Å²) in [5, 5.41) is 17.8. The quantitative estimate of drug-likeness (QED) is 0.610. The minimum Gasteiger partial charge on any atom is -0.477 e. The molecular weight excluding hydrogens is 245 g/mol. The molecule has 1 aliphatic rings. The molecule has 2 heterocycles. The van der Waals surface area contributed by atoms with Gasteiger partial charge in [0, 0.05) is 12.1 Å². The normalized spacial score (nSPS) is 17.6. The van der Waals surface area contributed by atoms with Gasteiger partial charge in [0.15, 0.2) is 0 Å². The van der Waals surface area contributed by atoms with E-state index in [2.05, 4.69) is 0 Å². The Kier molecular flexibility index (Phi) is 2.68. The second-order valence-corrected chi connectivity index (χ2v) is 4.15. The van der Waals surface area contributed by atoms with Crippen molar-refractivity contribution in [3.05, 3.63) is 22.5 Å². The van der Waals surface area contributed by atoms with Crippen molar-refractivity contribution in [1.29, 1.82) is 0 Å². The summed E-state index contributed by atoms with van der Waals surface area (Å²) in [6.45, 7) is 1.20. The van der Waals surface area contributed by atoms with Crippen LogP contribution in [0.5, 0.6) is 0 Å². The Balaban J connectivity index is 2.69. The highest BCUT2D eigenvalue weighted by molar-refractivity contribution is 6.40. The van der Waals surface area contributed by atoms with Crippen LogP contribution in [0.2, 0.25) is 0 Å². The maximum absolute atomic E-state index is 13.3. The summed E-state index contributed by atoms with van der Waals surface area (Å²) >= 11 is 0. The monoisotopic (exact) mass is 255 g/mol. The zero-order chi connectivity index (χ0) is 13.6. The number of nitrogens with zero attached hydrogens (tertiary/aromatic N) is 1. The van der Waals surface area contributed by atoms with E-state index in [9.17, 15) is 18.8 Å². The number of carboxylic acids is 2. The van der Waals surface area contributed by atoms with Crippen LogP contribution in [0.3, 0.4) is 0 Å². The number of fused-ring (bicyclic) bond motifs is 1. The molecule has 2 rings (SSSR count). The van der Waals surface area contributed by atoms with Crippen molar-refractivity contribution in [3.8, 4) is 0 Å². The number of alkyl halides is 1. The zero-order valence-corrected chi connectivity index (χ0v) is 9.44. The Bertz CT molecular complexity index is 574. The van der Waals surface area contributed by atoms with E-state index in [0.29, 0.717) is 0 Å². The molecule has 0 spiro atoms. The summed E-state index contributed by atoms with van der Waals surface area (Å²) in [6.07, 6.45) is -1.43. The second-order valence-electron chi connectivity index (χ2n) is 4.15. The highest BCUT2D eigenvalue weighted by atomic mass is 19.1. The molecule has 2 N–H and O–H groups in total. The lowest BCUT2D eigenvalue weighted by molar-refractivity contribution is -0.131. The minimum atomic E-state index is -1.68. The number of aliphatic carboxylic acids is 1. The van der Waals surface area contributed by atoms with Gasteiger partial charge in [-0.1, -0.05) is 0 Å². The summed E-state index contributed by atoms with van der Waals surface area (Å²) in [6, 6.07) is 0. The smallest absolute Gasteiger partial charge is 0.377 e. The number of rotatable bonds is 3. The van der Waals surface area contributed by atoms with Crippen LogP contribution in [0.4, 0.5) is 4.39 Å². The van der Waals surface area contributed by atoms with E-state index in [0.717, 1.165) is 0 Å². The molecule has 1 aromatic heterocycles. The third kappa shape index (κ3) is 1.59. The number of carboxylic acid groups (broad SMARTS) is 2. The fraction of sp³-hybridized carbons (Fsp3) is 0.364. The molecule has 6 nitrogen and oxygen atoms in total. The van der Waals surface area contributed by atoms with Crippen molar-refractivity contribution in [2.45, 2.75) is 26.1 Å². The number of hydrogen-bond acceptors (Lipinski definition) is 3. The van der Waals surface area contributed by atoms with E-state index < -0.39 is 23.9 Å². The Morgan fingerprint density at radius 1 is 1.33 bits per heavy atom. The van der Waals surface area contributed by atoms with Crippen molar-refractivity contribution in [3.63, 3.8) is 0 Å². The van der Waals surface area contributed by atoms with E-state index in [-0.39, 0.29) is 35.5 Å². The van der Waals surface area contributed by atoms with Crippen LogP contribution in [-0.4, -0.2) is 38.7 Å². The molecule has 0 saturated carbocycles. The first kappa shape index (κ1) is 12.3. The van der Waals surface area contributed by atoms with Crippen LogP contribution in [0.1, 0.15) is 32.1 Å². The van der Waals surface area contributed by atoms with Gasteiger partial charge in [0.2, 0.25) is 0 Å². The molecule has 7 heteroatoms. The van der Waals surface area contributed by atoms with Crippen molar-refractivity contribution >= 4 is 17.7 Å². The molecule has 1 aliphatic heterocycles. The number of aromatic nitrogens is 1. The first-order valence-electron chi connectivity index (χ1n) is 5.21. The standard InChI is InChI=1S/C11H10FNO5/c1-4-7(9(14)11(17)18)6-2-5(12)3-13(6)8(4)10(15)16/h5H,2-3H2,1H3,(H,15,16)(H,17,18). The van der Waals surface area contributed by atoms with E-state index in [1.54, 1.807) is 0 Å². The first-order valence-corrected chi connectivity index (χ1v) is 5.21. The van der Waals surface area contributed by atoms with Gasteiger partial charge in [0.1, 0.15) is 11.9 Å². The Morgan fingerprint density at radius 2 is 1.94 bits per heavy atom. The van der Waals surface area contributed by atoms with Gasteiger partial charge in [-0.05, 0) is 12.5 Å². The Hall–Kier alpha value is -2.18. The lowest BCUT2D eigenvalue weighted by Gasteiger charge is -2.02. The lowest BCUT2D eigenvalue weighted by atomic mass is 10.0. The predicted octanol–water partition coefficient (Wildman–Crippen LogP) is 0.656. The highest BCUT2D eigenvalue weighted by Crippen LogP contribution is 2.30. The van der Waals surface area contributed by atoms with E-state index in [1.807, 2.05) is 0 Å². The second kappa shape index (κ2) is 3.94. The zero-order valence-electron chi connectivity index (χ0n) is 9.44. The molecule has 0 aromatic carbocycles. The fourth-order valence-electron chi connectivity index (χ4n) is 2.38. The number of carbonyl (C=O) groups is 3. The van der Waals surface area contributed by atoms with Crippen LogP contribution >= 0.6 is 0 Å². The van der Waals surface area contributed by atoms with Crippen LogP contribution < -0.4 is 0 Å². The van der Waals surface area contributed by atoms with Crippen molar-refractivity contribution in [2.24, 2.45) is 0 Å². The summed E-state index contributed by atoms with van der Waals surface area (Å²) in [5.74, 6) is -4.17. The number of carbonyl (C=O) groups excluding carboxylic acids is 1. The minimum absolute atomic E-state index is 0.0804. The van der Waals surface area contributed by atoms with Crippen molar-refractivity contribution in [2.75, 3.05) is 0 Å². The summed E-state index contributed by atoms with van der Waals surface area (Å²) in [7, 11) is 0. The largest absolute Gasteiger partial charge is 0.477 e. The molecule has 18 heavy (non-hydrogen) atoms. The molecule has 0 bridgehead atoms. The van der Waals surface area contributed by atoms with Gasteiger partial charge in [-0.15, -0.1) is 0 Å². The van der Waals surface area contributed by atoms with Gasteiger partial charge in [-0.25, -0.2) is 14.0 Å². The maximum Gasteiger partial charge on any atom is 0.377 e. The number of aromatic carboxylic acids is 1. The van der Waals surface area contributed by atoms with Gasteiger partial charge in [0.05, 0.1) is 12.1 Å². The van der Waals surface area contributed by atoms with Crippen molar-refractivity contribution in [1.82, 2.24) is 4.57 Å². The highest BCUT2D eigenvalue weighted by Gasteiger charge is 2.36. The average Bonchev–Trinajstić information content (AvgIpc) is 2.70. The fourth-order valence-corrected chi connectivity index (χ4v) is 2.38.